The molecule has 2 aromatic carbocycles. The lowest BCUT2D eigenvalue weighted by Crippen LogP contribution is -2.38. The minimum absolute atomic E-state index is 0.246. The lowest BCUT2D eigenvalue weighted by Gasteiger charge is -2.20. The van der Waals surface area contributed by atoms with Crippen LogP contribution in [0.15, 0.2) is 70.5 Å². The van der Waals surface area contributed by atoms with Crippen LogP contribution in [0.3, 0.4) is 0 Å². The fourth-order valence-electron chi connectivity index (χ4n) is 2.88. The highest BCUT2D eigenvalue weighted by Gasteiger charge is 2.26. The third-order valence-corrected chi connectivity index (χ3v) is 5.36. The number of rotatable bonds is 4. The van der Waals surface area contributed by atoms with Crippen LogP contribution < -0.4 is 10.2 Å². The van der Waals surface area contributed by atoms with Crippen LogP contribution in [0, 0.1) is 0 Å². The van der Waals surface area contributed by atoms with Gasteiger partial charge in [0.15, 0.2) is 4.90 Å². The Morgan fingerprint density at radius 3 is 2.31 bits per heavy atom. The van der Waals surface area contributed by atoms with E-state index in [1.165, 1.54) is 6.20 Å². The number of para-hydroxylation sites is 1. The fourth-order valence-corrected chi connectivity index (χ4v) is 3.88. The molecule has 1 heterocycles. The second-order valence-electron chi connectivity index (χ2n) is 7.56. The van der Waals surface area contributed by atoms with Crippen LogP contribution in [0.2, 0.25) is 0 Å². The minimum Gasteiger partial charge on any atom is -0.443 e. The van der Waals surface area contributed by atoms with Crippen molar-refractivity contribution in [2.24, 2.45) is 0 Å². The number of benzene rings is 2. The van der Waals surface area contributed by atoms with Crippen LogP contribution in [0.25, 0.3) is 10.9 Å². The Kier molecular flexibility index (Phi) is 5.48. The standard InChI is InChI=1S/C21H22N2O5S/c1-21(2,3)28-20(25)22-29(26,27)18-14-23(13-15-9-5-4-6-10-15)17-12-8-7-11-16(17)19(18)24/h4-12,14H,13H2,1-3H3,(H,22,25). The maximum absolute atomic E-state index is 12.9. The van der Waals surface area contributed by atoms with Crippen LogP contribution in [0.1, 0.15) is 26.3 Å². The van der Waals surface area contributed by atoms with Gasteiger partial charge in [-0.15, -0.1) is 0 Å². The van der Waals surface area contributed by atoms with Crippen molar-refractivity contribution >= 4 is 27.0 Å². The number of ether oxygens (including phenoxy) is 1. The Morgan fingerprint density at radius 1 is 1.03 bits per heavy atom. The van der Waals surface area contributed by atoms with E-state index in [4.69, 9.17) is 4.74 Å². The molecular weight excluding hydrogens is 392 g/mol. The van der Waals surface area contributed by atoms with Crippen LogP contribution >= 0.6 is 0 Å². The Labute approximate surface area is 169 Å². The van der Waals surface area contributed by atoms with Gasteiger partial charge in [0.1, 0.15) is 5.60 Å². The zero-order valence-corrected chi connectivity index (χ0v) is 17.2. The first kappa shape index (κ1) is 20.6. The van der Waals surface area contributed by atoms with E-state index in [0.29, 0.717) is 12.1 Å². The molecule has 0 spiro atoms. The number of amides is 1. The molecule has 0 unspecified atom stereocenters. The number of hydrogen-bond donors (Lipinski definition) is 1. The van der Waals surface area contributed by atoms with Crippen molar-refractivity contribution < 1.29 is 17.9 Å². The molecule has 0 fully saturated rings. The van der Waals surface area contributed by atoms with Gasteiger partial charge in [-0.25, -0.2) is 17.9 Å². The average Bonchev–Trinajstić information content (AvgIpc) is 2.62. The molecule has 8 heteroatoms. The summed E-state index contributed by atoms with van der Waals surface area (Å²) in [6.45, 7) is 5.20. The fraction of sp³-hybridized carbons (Fsp3) is 0.238. The van der Waals surface area contributed by atoms with Gasteiger partial charge in [-0.1, -0.05) is 42.5 Å². The van der Waals surface area contributed by atoms with E-state index < -0.39 is 32.0 Å². The summed E-state index contributed by atoms with van der Waals surface area (Å²) in [4.78, 5) is 24.3. The number of carbonyl (C=O) groups excluding carboxylic acids is 1. The van der Waals surface area contributed by atoms with Gasteiger partial charge in [-0.2, -0.15) is 0 Å². The van der Waals surface area contributed by atoms with Crippen molar-refractivity contribution in [3.8, 4) is 0 Å². The molecule has 0 aliphatic rings. The molecule has 29 heavy (non-hydrogen) atoms. The van der Waals surface area contributed by atoms with Gasteiger partial charge < -0.3 is 9.30 Å². The largest absolute Gasteiger partial charge is 0.443 e. The monoisotopic (exact) mass is 414 g/mol. The normalized spacial score (nSPS) is 12.0. The topological polar surface area (TPSA) is 94.5 Å². The molecular formula is C21H22N2O5S. The number of nitrogens with one attached hydrogen (secondary N) is 1. The first-order chi connectivity index (χ1) is 13.6. The van der Waals surface area contributed by atoms with Crippen LogP contribution in [0.5, 0.6) is 0 Å². The molecule has 7 nitrogen and oxygen atoms in total. The van der Waals surface area contributed by atoms with E-state index in [9.17, 15) is 18.0 Å². The van der Waals surface area contributed by atoms with E-state index in [1.54, 1.807) is 49.6 Å². The molecule has 152 valence electrons. The van der Waals surface area contributed by atoms with Crippen molar-refractivity contribution in [1.29, 1.82) is 0 Å². The van der Waals surface area contributed by atoms with Crippen LogP contribution in [-0.4, -0.2) is 24.7 Å². The second kappa shape index (κ2) is 7.71. The SMILES string of the molecule is CC(C)(C)OC(=O)NS(=O)(=O)c1cn(Cc2ccccc2)c2ccccc2c1=O. The van der Waals surface area contributed by atoms with E-state index in [2.05, 4.69) is 0 Å². The number of sulfonamides is 1. The summed E-state index contributed by atoms with van der Waals surface area (Å²) in [5, 5.41) is 0.246. The van der Waals surface area contributed by atoms with Crippen molar-refractivity contribution in [2.45, 2.75) is 37.8 Å². The van der Waals surface area contributed by atoms with E-state index >= 15 is 0 Å². The van der Waals surface area contributed by atoms with Gasteiger partial charge in [0, 0.05) is 18.1 Å². The second-order valence-corrected chi connectivity index (χ2v) is 9.21. The summed E-state index contributed by atoms with van der Waals surface area (Å²) in [5.74, 6) is 0. The first-order valence-electron chi connectivity index (χ1n) is 8.99. The first-order valence-corrected chi connectivity index (χ1v) is 10.5. The molecule has 1 aromatic heterocycles. The highest BCUT2D eigenvalue weighted by molar-refractivity contribution is 7.90. The quantitative estimate of drug-likeness (QED) is 0.707. The Hall–Kier alpha value is -3.13. The number of hydrogen-bond acceptors (Lipinski definition) is 5. The molecule has 0 aliphatic carbocycles. The average molecular weight is 414 g/mol. The molecule has 3 aromatic rings. The lowest BCUT2D eigenvalue weighted by molar-refractivity contribution is 0.0570. The molecule has 0 saturated carbocycles. The number of carbonyl (C=O) groups is 1. The van der Waals surface area contributed by atoms with Gasteiger partial charge >= 0.3 is 6.09 Å². The smallest absolute Gasteiger partial charge is 0.421 e. The van der Waals surface area contributed by atoms with Crippen molar-refractivity contribution in [2.75, 3.05) is 0 Å². The lowest BCUT2D eigenvalue weighted by atomic mass is 10.2. The molecule has 1 amide bonds. The van der Waals surface area contributed by atoms with Crippen LogP contribution in [0.4, 0.5) is 4.79 Å². The molecule has 3 rings (SSSR count). The molecule has 1 N–H and O–H groups in total. The third-order valence-electron chi connectivity index (χ3n) is 4.06. The summed E-state index contributed by atoms with van der Waals surface area (Å²) < 4.78 is 34.1. The molecule has 0 radical (unpaired) electrons. The molecule has 0 aliphatic heterocycles. The summed E-state index contributed by atoms with van der Waals surface area (Å²) in [6, 6.07) is 16.2. The zero-order valence-electron chi connectivity index (χ0n) is 16.4. The van der Waals surface area contributed by atoms with E-state index in [1.807, 2.05) is 35.1 Å². The van der Waals surface area contributed by atoms with Gasteiger partial charge in [0.25, 0.3) is 10.0 Å². The molecule has 0 saturated heterocycles. The van der Waals surface area contributed by atoms with Crippen molar-refractivity contribution in [3.63, 3.8) is 0 Å². The molecule has 0 bridgehead atoms. The number of aromatic nitrogens is 1. The Balaban J connectivity index is 2.09. The Bertz CT molecular complexity index is 1210. The van der Waals surface area contributed by atoms with E-state index in [0.717, 1.165) is 5.56 Å². The number of pyridine rings is 1. The third kappa shape index (κ3) is 4.83. The summed E-state index contributed by atoms with van der Waals surface area (Å²) >= 11 is 0. The van der Waals surface area contributed by atoms with Crippen molar-refractivity contribution in [3.05, 3.63) is 76.6 Å². The van der Waals surface area contributed by atoms with Gasteiger partial charge in [-0.05, 0) is 38.5 Å². The van der Waals surface area contributed by atoms with Crippen molar-refractivity contribution in [1.82, 2.24) is 9.29 Å². The zero-order chi connectivity index (χ0) is 21.2. The van der Waals surface area contributed by atoms with Gasteiger partial charge in [0.05, 0.1) is 5.52 Å². The Morgan fingerprint density at radius 2 is 1.66 bits per heavy atom. The highest BCUT2D eigenvalue weighted by atomic mass is 32.2. The molecule has 0 atom stereocenters. The number of nitrogens with zero attached hydrogens (tertiary/aromatic N) is 1. The minimum atomic E-state index is -4.43. The number of fused-ring (bicyclic) bond motifs is 1. The van der Waals surface area contributed by atoms with E-state index in [-0.39, 0.29) is 5.39 Å². The van der Waals surface area contributed by atoms with Gasteiger partial charge in [-0.3, -0.25) is 4.79 Å². The summed E-state index contributed by atoms with van der Waals surface area (Å²) in [5.41, 5.74) is -0.0282. The maximum atomic E-state index is 12.9. The van der Waals surface area contributed by atoms with Gasteiger partial charge in [0.2, 0.25) is 5.43 Å². The maximum Gasteiger partial charge on any atom is 0.421 e. The summed E-state index contributed by atoms with van der Waals surface area (Å²) in [7, 11) is -4.43. The van der Waals surface area contributed by atoms with Crippen LogP contribution in [-0.2, 0) is 21.3 Å². The predicted molar refractivity (Wildman–Crippen MR) is 110 cm³/mol. The predicted octanol–water partition coefficient (Wildman–Crippen LogP) is 3.26. The highest BCUT2D eigenvalue weighted by Crippen LogP contribution is 2.17. The summed E-state index contributed by atoms with van der Waals surface area (Å²) in [6.07, 6.45) is 0.115.